The zero-order valence-corrected chi connectivity index (χ0v) is 30.0. The van der Waals surface area contributed by atoms with Crippen LogP contribution in [0.2, 0.25) is 0 Å². The van der Waals surface area contributed by atoms with Gasteiger partial charge in [-0.25, -0.2) is 0 Å². The van der Waals surface area contributed by atoms with Crippen molar-refractivity contribution in [2.24, 2.45) is 0 Å². The summed E-state index contributed by atoms with van der Waals surface area (Å²) < 4.78 is 11.0. The standard InChI is InChI=1S/C51H34N2O/c1-51(2)43-27-32(31-21-25-50-42(26-31)39-16-8-11-19-49(39)54-50)20-23-35(43)36-24-22-34(28-44(36)51)53-46-18-10-7-15-38(46)41-29-40-37-14-6-9-17-45(37)52(47(40)30-48(41)53)33-12-4-3-5-13-33/h3-30H,1-2H3. The monoisotopic (exact) mass is 690 g/mol. The molecule has 12 rings (SSSR count). The minimum absolute atomic E-state index is 0.186. The number of rotatable bonds is 3. The van der Waals surface area contributed by atoms with Gasteiger partial charge >= 0.3 is 0 Å². The highest BCUT2D eigenvalue weighted by atomic mass is 16.3. The lowest BCUT2D eigenvalue weighted by molar-refractivity contribution is 0.660. The van der Waals surface area contributed by atoms with Crippen LogP contribution >= 0.6 is 0 Å². The molecule has 0 unspecified atom stereocenters. The molecule has 3 aromatic heterocycles. The van der Waals surface area contributed by atoms with Gasteiger partial charge in [0, 0.05) is 49.1 Å². The molecule has 11 aromatic rings. The van der Waals surface area contributed by atoms with Gasteiger partial charge in [0.05, 0.1) is 22.1 Å². The van der Waals surface area contributed by atoms with Crippen molar-refractivity contribution >= 4 is 65.6 Å². The Labute approximate surface area is 311 Å². The lowest BCUT2D eigenvalue weighted by Crippen LogP contribution is -2.15. The fourth-order valence-electron chi connectivity index (χ4n) is 9.51. The zero-order chi connectivity index (χ0) is 35.7. The van der Waals surface area contributed by atoms with Crippen LogP contribution in [-0.2, 0) is 5.41 Å². The summed E-state index contributed by atoms with van der Waals surface area (Å²) in [5.41, 5.74) is 16.6. The van der Waals surface area contributed by atoms with Gasteiger partial charge in [0.2, 0.25) is 0 Å². The molecule has 0 aliphatic heterocycles. The second-order valence-corrected chi connectivity index (χ2v) is 15.4. The van der Waals surface area contributed by atoms with E-state index in [1.807, 2.05) is 12.1 Å². The van der Waals surface area contributed by atoms with E-state index in [2.05, 4.69) is 181 Å². The number of furan rings is 1. The first-order valence-electron chi connectivity index (χ1n) is 18.8. The van der Waals surface area contributed by atoms with Crippen LogP contribution in [-0.4, -0.2) is 9.13 Å². The summed E-state index contributed by atoms with van der Waals surface area (Å²) >= 11 is 0. The van der Waals surface area contributed by atoms with Crippen molar-refractivity contribution in [1.29, 1.82) is 0 Å². The van der Waals surface area contributed by atoms with Gasteiger partial charge in [0.25, 0.3) is 0 Å². The van der Waals surface area contributed by atoms with Gasteiger partial charge in [-0.3, -0.25) is 0 Å². The molecule has 0 saturated heterocycles. The fraction of sp³-hybridized carbons (Fsp3) is 0.0588. The largest absolute Gasteiger partial charge is 0.456 e. The van der Waals surface area contributed by atoms with Gasteiger partial charge < -0.3 is 13.6 Å². The highest BCUT2D eigenvalue weighted by molar-refractivity contribution is 6.19. The van der Waals surface area contributed by atoms with Crippen molar-refractivity contribution in [3.05, 3.63) is 181 Å². The fourth-order valence-corrected chi connectivity index (χ4v) is 9.51. The van der Waals surface area contributed by atoms with Gasteiger partial charge in [-0.2, -0.15) is 0 Å². The first-order valence-corrected chi connectivity index (χ1v) is 18.8. The third-order valence-corrected chi connectivity index (χ3v) is 12.1. The van der Waals surface area contributed by atoms with Gasteiger partial charge in [-0.05, 0) is 106 Å². The van der Waals surface area contributed by atoms with Gasteiger partial charge in [0.1, 0.15) is 11.2 Å². The first-order chi connectivity index (χ1) is 26.5. The summed E-state index contributed by atoms with van der Waals surface area (Å²) in [7, 11) is 0. The highest BCUT2D eigenvalue weighted by Gasteiger charge is 2.36. The number of hydrogen-bond donors (Lipinski definition) is 0. The van der Waals surface area contributed by atoms with Crippen LogP contribution in [0.3, 0.4) is 0 Å². The maximum absolute atomic E-state index is 6.15. The maximum Gasteiger partial charge on any atom is 0.135 e. The van der Waals surface area contributed by atoms with Crippen molar-refractivity contribution in [3.63, 3.8) is 0 Å². The number of benzene rings is 8. The topological polar surface area (TPSA) is 23.0 Å². The summed E-state index contributed by atoms with van der Waals surface area (Å²) in [6, 6.07) is 62.3. The Bertz CT molecular complexity index is 3350. The van der Waals surface area contributed by atoms with E-state index in [9.17, 15) is 0 Å². The zero-order valence-electron chi connectivity index (χ0n) is 30.0. The van der Waals surface area contributed by atoms with Crippen LogP contribution in [0.1, 0.15) is 25.0 Å². The summed E-state index contributed by atoms with van der Waals surface area (Å²) in [4.78, 5) is 0. The second kappa shape index (κ2) is 10.6. The molecule has 0 saturated carbocycles. The molecule has 0 radical (unpaired) electrons. The summed E-state index contributed by atoms with van der Waals surface area (Å²) in [6.45, 7) is 4.76. The Morgan fingerprint density at radius 1 is 0.370 bits per heavy atom. The molecule has 0 amide bonds. The Hall–Kier alpha value is -6.84. The first kappa shape index (κ1) is 29.7. The average molecular weight is 691 g/mol. The smallest absolute Gasteiger partial charge is 0.135 e. The van der Waals surface area contributed by atoms with E-state index < -0.39 is 0 Å². The number of nitrogens with zero attached hydrogens (tertiary/aromatic N) is 2. The average Bonchev–Trinajstić information content (AvgIpc) is 3.92. The molecule has 54 heavy (non-hydrogen) atoms. The third-order valence-electron chi connectivity index (χ3n) is 12.1. The molecule has 0 N–H and O–H groups in total. The van der Waals surface area contributed by atoms with Gasteiger partial charge in [-0.1, -0.05) is 111 Å². The molecule has 0 fully saturated rings. The van der Waals surface area contributed by atoms with Crippen LogP contribution in [0.25, 0.3) is 99.2 Å². The van der Waals surface area contributed by atoms with E-state index in [0.29, 0.717) is 0 Å². The molecule has 0 atom stereocenters. The minimum atomic E-state index is -0.186. The molecule has 3 heterocycles. The number of para-hydroxylation sites is 4. The minimum Gasteiger partial charge on any atom is -0.456 e. The molecule has 3 nitrogen and oxygen atoms in total. The van der Waals surface area contributed by atoms with Crippen molar-refractivity contribution in [1.82, 2.24) is 9.13 Å². The van der Waals surface area contributed by atoms with Crippen LogP contribution in [0.15, 0.2) is 174 Å². The van der Waals surface area contributed by atoms with Crippen LogP contribution in [0, 0.1) is 0 Å². The predicted molar refractivity (Wildman–Crippen MR) is 225 cm³/mol. The Balaban J connectivity index is 1.04. The Kier molecular flexibility index (Phi) is 5.84. The van der Waals surface area contributed by atoms with E-state index in [-0.39, 0.29) is 5.41 Å². The van der Waals surface area contributed by atoms with Crippen molar-refractivity contribution in [3.8, 4) is 33.6 Å². The number of aromatic nitrogens is 2. The quantitative estimate of drug-likeness (QED) is 0.181. The third kappa shape index (κ3) is 3.96. The van der Waals surface area contributed by atoms with Crippen LogP contribution < -0.4 is 0 Å². The van der Waals surface area contributed by atoms with Crippen molar-refractivity contribution < 1.29 is 4.42 Å². The lowest BCUT2D eigenvalue weighted by Gasteiger charge is -2.23. The van der Waals surface area contributed by atoms with E-state index >= 15 is 0 Å². The highest BCUT2D eigenvalue weighted by Crippen LogP contribution is 2.51. The van der Waals surface area contributed by atoms with Crippen molar-refractivity contribution in [2.75, 3.05) is 0 Å². The summed E-state index contributed by atoms with van der Waals surface area (Å²) in [5, 5.41) is 7.38. The number of fused-ring (bicyclic) bond motifs is 12. The molecule has 1 aliphatic carbocycles. The summed E-state index contributed by atoms with van der Waals surface area (Å²) in [5.74, 6) is 0. The SMILES string of the molecule is CC1(C)c2cc(-c3ccc4oc5ccccc5c4c3)ccc2-c2ccc(-n3c4ccccc4c4cc5c6ccccc6n(-c6ccccc6)c5cc43)cc21. The van der Waals surface area contributed by atoms with E-state index in [1.165, 1.54) is 88.4 Å². The molecule has 1 aliphatic rings. The van der Waals surface area contributed by atoms with Crippen LogP contribution in [0.5, 0.6) is 0 Å². The van der Waals surface area contributed by atoms with E-state index in [1.54, 1.807) is 0 Å². The molecule has 8 aromatic carbocycles. The lowest BCUT2D eigenvalue weighted by atomic mass is 9.81. The van der Waals surface area contributed by atoms with Crippen molar-refractivity contribution in [2.45, 2.75) is 19.3 Å². The predicted octanol–water partition coefficient (Wildman–Crippen LogP) is 13.8. The molecule has 254 valence electrons. The molecule has 0 spiro atoms. The van der Waals surface area contributed by atoms with E-state index in [0.717, 1.165) is 21.9 Å². The second-order valence-electron chi connectivity index (χ2n) is 15.4. The van der Waals surface area contributed by atoms with E-state index in [4.69, 9.17) is 4.42 Å². The molecular formula is C51H34N2O. The normalized spacial score (nSPS) is 13.5. The van der Waals surface area contributed by atoms with Crippen LogP contribution in [0.4, 0.5) is 0 Å². The maximum atomic E-state index is 6.15. The Morgan fingerprint density at radius 2 is 0.926 bits per heavy atom. The summed E-state index contributed by atoms with van der Waals surface area (Å²) in [6.07, 6.45) is 0. The Morgan fingerprint density at radius 3 is 1.67 bits per heavy atom. The molecular weight excluding hydrogens is 657 g/mol. The molecule has 0 bridgehead atoms. The molecule has 3 heteroatoms. The number of hydrogen-bond acceptors (Lipinski definition) is 1. The van der Waals surface area contributed by atoms with Gasteiger partial charge in [0.15, 0.2) is 0 Å². The van der Waals surface area contributed by atoms with Gasteiger partial charge in [-0.15, -0.1) is 0 Å².